The molecule has 2 aromatic carbocycles. The maximum absolute atomic E-state index is 12.8. The Bertz CT molecular complexity index is 783. The minimum absolute atomic E-state index is 0.313. The average molecular weight is 396 g/mol. The van der Waals surface area contributed by atoms with Crippen LogP contribution in [0.4, 0.5) is 0 Å². The molecule has 0 unspecified atom stereocenters. The number of hydrogen-bond donors (Lipinski definition) is 0. The molecule has 0 radical (unpaired) electrons. The molecule has 0 fully saturated rings. The predicted molar refractivity (Wildman–Crippen MR) is 98.2 cm³/mol. The number of halogens is 1. The first kappa shape index (κ1) is 18.2. The van der Waals surface area contributed by atoms with Crippen molar-refractivity contribution in [3.8, 4) is 0 Å². The molecule has 3 nitrogen and oxygen atoms in total. The summed E-state index contributed by atoms with van der Waals surface area (Å²) < 4.78 is 27.9. The summed E-state index contributed by atoms with van der Waals surface area (Å²) in [6.45, 7) is 6.44. The van der Waals surface area contributed by atoms with Crippen molar-refractivity contribution in [2.45, 2.75) is 31.1 Å². The van der Waals surface area contributed by atoms with Crippen LogP contribution in [-0.4, -0.2) is 26.3 Å². The number of sulfonamides is 1. The molecule has 0 aliphatic carbocycles. The summed E-state index contributed by atoms with van der Waals surface area (Å²) in [6.07, 6.45) is 0. The van der Waals surface area contributed by atoms with E-state index < -0.39 is 10.0 Å². The van der Waals surface area contributed by atoms with Gasteiger partial charge >= 0.3 is 0 Å². The number of benzene rings is 2. The lowest BCUT2D eigenvalue weighted by Crippen LogP contribution is -2.38. The van der Waals surface area contributed by atoms with Gasteiger partial charge < -0.3 is 0 Å². The molecule has 0 aliphatic heterocycles. The standard InChI is InChI=1S/C18H22BrNO2S/c1-14-9-11-15(12-10-14)23(21,22)20(4)13-18(2,3)16-7-5-6-8-17(16)19/h5-12H,13H2,1-4H3. The van der Waals surface area contributed by atoms with Crippen molar-refractivity contribution < 1.29 is 8.42 Å². The van der Waals surface area contributed by atoms with Gasteiger partial charge in [0.1, 0.15) is 0 Å². The topological polar surface area (TPSA) is 37.4 Å². The first-order chi connectivity index (χ1) is 10.6. The fourth-order valence-electron chi connectivity index (χ4n) is 2.63. The summed E-state index contributed by atoms with van der Waals surface area (Å²) >= 11 is 3.56. The Morgan fingerprint density at radius 2 is 1.61 bits per heavy atom. The Morgan fingerprint density at radius 1 is 1.04 bits per heavy atom. The van der Waals surface area contributed by atoms with E-state index in [-0.39, 0.29) is 5.41 Å². The van der Waals surface area contributed by atoms with Crippen LogP contribution in [0.15, 0.2) is 57.9 Å². The summed E-state index contributed by atoms with van der Waals surface area (Å²) in [4.78, 5) is 0.327. The molecular formula is C18H22BrNO2S. The highest BCUT2D eigenvalue weighted by Crippen LogP contribution is 2.31. The summed E-state index contributed by atoms with van der Waals surface area (Å²) in [6, 6.07) is 14.9. The second kappa shape index (κ2) is 6.75. The van der Waals surface area contributed by atoms with E-state index in [4.69, 9.17) is 0 Å². The van der Waals surface area contributed by atoms with Crippen LogP contribution in [0.2, 0.25) is 0 Å². The van der Waals surface area contributed by atoms with Gasteiger partial charge in [-0.15, -0.1) is 0 Å². The molecule has 0 aromatic heterocycles. The van der Waals surface area contributed by atoms with Crippen molar-refractivity contribution in [3.63, 3.8) is 0 Å². The third-order valence-electron chi connectivity index (χ3n) is 3.95. The van der Waals surface area contributed by atoms with Crippen LogP contribution in [0.1, 0.15) is 25.0 Å². The molecule has 2 rings (SSSR count). The van der Waals surface area contributed by atoms with Gasteiger partial charge in [0.05, 0.1) is 4.90 Å². The van der Waals surface area contributed by atoms with Crippen molar-refractivity contribution in [1.29, 1.82) is 0 Å². The van der Waals surface area contributed by atoms with Crippen LogP contribution in [0.3, 0.4) is 0 Å². The molecule has 0 bridgehead atoms. The number of aryl methyl sites for hydroxylation is 1. The Balaban J connectivity index is 2.28. The molecule has 0 N–H and O–H groups in total. The molecule has 0 aliphatic rings. The molecular weight excluding hydrogens is 374 g/mol. The third kappa shape index (κ3) is 4.03. The maximum Gasteiger partial charge on any atom is 0.242 e. The molecule has 0 saturated heterocycles. The van der Waals surface area contributed by atoms with Gasteiger partial charge in [-0.1, -0.05) is 65.7 Å². The fraction of sp³-hybridized carbons (Fsp3) is 0.333. The van der Waals surface area contributed by atoms with Gasteiger partial charge in [-0.2, -0.15) is 0 Å². The molecule has 0 amide bonds. The largest absolute Gasteiger partial charge is 0.242 e. The molecule has 0 spiro atoms. The van der Waals surface area contributed by atoms with Gasteiger partial charge in [-0.3, -0.25) is 0 Å². The lowest BCUT2D eigenvalue weighted by Gasteiger charge is -2.31. The number of likely N-dealkylation sites (N-methyl/N-ethyl adjacent to an activating group) is 1. The maximum atomic E-state index is 12.8. The molecule has 0 atom stereocenters. The molecule has 124 valence electrons. The Labute approximate surface area is 147 Å². The highest BCUT2D eigenvalue weighted by molar-refractivity contribution is 9.10. The minimum atomic E-state index is -3.49. The van der Waals surface area contributed by atoms with Gasteiger partial charge in [-0.25, -0.2) is 12.7 Å². The first-order valence-corrected chi connectivity index (χ1v) is 9.66. The molecule has 2 aromatic rings. The van der Waals surface area contributed by atoms with E-state index in [1.807, 2.05) is 57.2 Å². The zero-order valence-electron chi connectivity index (χ0n) is 13.9. The summed E-state index contributed by atoms with van der Waals surface area (Å²) in [7, 11) is -1.86. The van der Waals surface area contributed by atoms with Crippen LogP contribution >= 0.6 is 15.9 Å². The summed E-state index contributed by atoms with van der Waals surface area (Å²) in [5.74, 6) is 0. The second-order valence-corrected chi connectivity index (χ2v) is 9.34. The van der Waals surface area contributed by atoms with Gasteiger partial charge in [-0.05, 0) is 30.7 Å². The van der Waals surface area contributed by atoms with E-state index >= 15 is 0 Å². The van der Waals surface area contributed by atoms with E-state index in [1.165, 1.54) is 4.31 Å². The molecule has 0 saturated carbocycles. The lowest BCUT2D eigenvalue weighted by molar-refractivity contribution is 0.372. The normalized spacial score (nSPS) is 12.6. The van der Waals surface area contributed by atoms with Gasteiger partial charge in [0.2, 0.25) is 10.0 Å². The van der Waals surface area contributed by atoms with E-state index in [0.29, 0.717) is 11.4 Å². The van der Waals surface area contributed by atoms with Crippen LogP contribution in [0.25, 0.3) is 0 Å². The van der Waals surface area contributed by atoms with Crippen molar-refractivity contribution >= 4 is 26.0 Å². The van der Waals surface area contributed by atoms with E-state index in [0.717, 1.165) is 15.6 Å². The first-order valence-electron chi connectivity index (χ1n) is 7.42. The van der Waals surface area contributed by atoms with E-state index in [1.54, 1.807) is 19.2 Å². The van der Waals surface area contributed by atoms with Gasteiger partial charge in [0, 0.05) is 23.5 Å². The van der Waals surface area contributed by atoms with E-state index in [9.17, 15) is 8.42 Å². The van der Waals surface area contributed by atoms with Crippen LogP contribution in [0, 0.1) is 6.92 Å². The monoisotopic (exact) mass is 395 g/mol. The number of rotatable bonds is 5. The van der Waals surface area contributed by atoms with Crippen LogP contribution in [0.5, 0.6) is 0 Å². The molecule has 0 heterocycles. The van der Waals surface area contributed by atoms with Crippen molar-refractivity contribution in [3.05, 3.63) is 64.1 Å². The van der Waals surface area contributed by atoms with E-state index in [2.05, 4.69) is 15.9 Å². The van der Waals surface area contributed by atoms with Crippen molar-refractivity contribution in [1.82, 2.24) is 4.31 Å². The van der Waals surface area contributed by atoms with Crippen LogP contribution in [-0.2, 0) is 15.4 Å². The average Bonchev–Trinajstić information content (AvgIpc) is 2.47. The Kier molecular flexibility index (Phi) is 5.33. The van der Waals surface area contributed by atoms with Crippen molar-refractivity contribution in [2.24, 2.45) is 0 Å². The smallest absolute Gasteiger partial charge is 0.207 e. The summed E-state index contributed by atoms with van der Waals surface area (Å²) in [5, 5.41) is 0. The zero-order chi connectivity index (χ0) is 17.3. The Hall–Kier alpha value is -1.17. The highest BCUT2D eigenvalue weighted by atomic mass is 79.9. The molecule has 5 heteroatoms. The number of nitrogens with zero attached hydrogens (tertiary/aromatic N) is 1. The van der Waals surface area contributed by atoms with Crippen LogP contribution < -0.4 is 0 Å². The number of hydrogen-bond acceptors (Lipinski definition) is 2. The minimum Gasteiger partial charge on any atom is -0.207 e. The lowest BCUT2D eigenvalue weighted by atomic mass is 9.85. The summed E-state index contributed by atoms with van der Waals surface area (Å²) in [5.41, 5.74) is 1.82. The second-order valence-electron chi connectivity index (χ2n) is 6.44. The molecule has 23 heavy (non-hydrogen) atoms. The SMILES string of the molecule is Cc1ccc(S(=O)(=O)N(C)CC(C)(C)c2ccccc2Br)cc1. The van der Waals surface area contributed by atoms with Crippen molar-refractivity contribution in [2.75, 3.05) is 13.6 Å². The van der Waals surface area contributed by atoms with Gasteiger partial charge in [0.25, 0.3) is 0 Å². The van der Waals surface area contributed by atoms with Gasteiger partial charge in [0.15, 0.2) is 0 Å². The Morgan fingerprint density at radius 3 is 2.17 bits per heavy atom. The third-order valence-corrected chi connectivity index (χ3v) is 6.46. The fourth-order valence-corrected chi connectivity index (χ4v) is 4.78. The quantitative estimate of drug-likeness (QED) is 0.753. The highest BCUT2D eigenvalue weighted by Gasteiger charge is 2.30. The predicted octanol–water partition coefficient (Wildman–Crippen LogP) is 4.36. The zero-order valence-corrected chi connectivity index (χ0v) is 16.3.